The van der Waals surface area contributed by atoms with E-state index in [0.717, 1.165) is 62.5 Å². The van der Waals surface area contributed by atoms with Gasteiger partial charge >= 0.3 is 0 Å². The van der Waals surface area contributed by atoms with Crippen LogP contribution in [0.15, 0.2) is 121 Å². The summed E-state index contributed by atoms with van der Waals surface area (Å²) >= 11 is 0. The van der Waals surface area contributed by atoms with Crippen molar-refractivity contribution >= 4 is 0 Å². The van der Waals surface area contributed by atoms with Crippen LogP contribution in [0, 0.1) is 23.7 Å². The standard InChI is InChI=1S/2C22H25NO/c2*1-18(20-12-6-3-7-13-20)23-21-14-8-9-16-22(21,24)17-15-19-10-4-2-5-11-19/h2*2-7,10-13,18,21,23-24H,8-9,14,16H2,1H3/t2*18-,21+,22-/m00/s1. The minimum absolute atomic E-state index is 0.00216. The third-order valence-corrected chi connectivity index (χ3v) is 9.65. The number of nitrogens with one attached hydrogen (secondary N) is 2. The molecule has 6 rings (SSSR count). The van der Waals surface area contributed by atoms with Crippen molar-refractivity contribution in [1.82, 2.24) is 10.6 Å². The quantitative estimate of drug-likeness (QED) is 0.161. The molecule has 4 aromatic rings. The van der Waals surface area contributed by atoms with Crippen LogP contribution in [0.4, 0.5) is 0 Å². The smallest absolute Gasteiger partial charge is 0.141 e. The van der Waals surface area contributed by atoms with Gasteiger partial charge in [-0.1, -0.05) is 134 Å². The van der Waals surface area contributed by atoms with E-state index >= 15 is 0 Å². The van der Waals surface area contributed by atoms with Crippen LogP contribution in [0.3, 0.4) is 0 Å². The van der Waals surface area contributed by atoms with E-state index in [2.05, 4.69) is 96.7 Å². The van der Waals surface area contributed by atoms with Crippen molar-refractivity contribution in [2.24, 2.45) is 0 Å². The third kappa shape index (κ3) is 9.93. The Morgan fingerprint density at radius 1 is 0.521 bits per heavy atom. The molecule has 48 heavy (non-hydrogen) atoms. The van der Waals surface area contributed by atoms with Crippen molar-refractivity contribution in [2.75, 3.05) is 0 Å². The maximum Gasteiger partial charge on any atom is 0.141 e. The molecule has 0 aromatic heterocycles. The number of hydrogen-bond acceptors (Lipinski definition) is 4. The lowest BCUT2D eigenvalue weighted by Crippen LogP contribution is -2.52. The minimum Gasteiger partial charge on any atom is -0.376 e. The van der Waals surface area contributed by atoms with Crippen molar-refractivity contribution in [3.63, 3.8) is 0 Å². The molecule has 2 aliphatic rings. The van der Waals surface area contributed by atoms with E-state index < -0.39 is 11.2 Å². The van der Waals surface area contributed by atoms with Gasteiger partial charge in [-0.15, -0.1) is 0 Å². The van der Waals surface area contributed by atoms with Crippen molar-refractivity contribution in [3.8, 4) is 23.7 Å². The SMILES string of the molecule is C[C@H](N[C@@H]1CCCC[C@]1(O)C#Cc1ccccc1)c1ccccc1.C[C@H](N[C@@H]1CCCC[C@]1(O)C#Cc1ccccc1)c1ccccc1. The first kappa shape index (κ1) is 35.2. The molecule has 0 heterocycles. The summed E-state index contributed by atoms with van der Waals surface area (Å²) in [5.74, 6) is 12.6. The Hall–Kier alpha value is -4.16. The van der Waals surface area contributed by atoms with E-state index in [0.29, 0.717) is 0 Å². The van der Waals surface area contributed by atoms with Gasteiger partial charge in [0.15, 0.2) is 0 Å². The van der Waals surface area contributed by atoms with Gasteiger partial charge in [0, 0.05) is 35.3 Å². The van der Waals surface area contributed by atoms with Gasteiger partial charge in [0.05, 0.1) is 0 Å². The molecular weight excluding hydrogens is 588 g/mol. The number of hydrogen-bond donors (Lipinski definition) is 4. The topological polar surface area (TPSA) is 64.5 Å². The molecule has 4 aromatic carbocycles. The van der Waals surface area contributed by atoms with Crippen molar-refractivity contribution < 1.29 is 10.2 Å². The van der Waals surface area contributed by atoms with Crippen molar-refractivity contribution in [2.45, 2.75) is 101 Å². The Kier molecular flexibility index (Phi) is 12.7. The normalized spacial score (nSPS) is 24.7. The predicted molar refractivity (Wildman–Crippen MR) is 197 cm³/mol. The molecule has 6 atom stereocenters. The van der Waals surface area contributed by atoms with Crippen molar-refractivity contribution in [1.29, 1.82) is 0 Å². The fourth-order valence-electron chi connectivity index (χ4n) is 6.74. The second-order valence-electron chi connectivity index (χ2n) is 13.3. The Labute approximate surface area is 288 Å². The molecule has 4 nitrogen and oxygen atoms in total. The lowest BCUT2D eigenvalue weighted by Gasteiger charge is -2.38. The van der Waals surface area contributed by atoms with Crippen LogP contribution in [-0.4, -0.2) is 33.5 Å². The van der Waals surface area contributed by atoms with Gasteiger partial charge in [-0.05, 0) is 87.8 Å². The highest BCUT2D eigenvalue weighted by molar-refractivity contribution is 5.38. The van der Waals surface area contributed by atoms with Gasteiger partial charge in [-0.3, -0.25) is 0 Å². The molecule has 0 saturated heterocycles. The average Bonchev–Trinajstić information content (AvgIpc) is 3.14. The Morgan fingerprint density at radius 3 is 1.21 bits per heavy atom. The highest BCUT2D eigenvalue weighted by Crippen LogP contribution is 2.31. The second-order valence-corrected chi connectivity index (χ2v) is 13.3. The molecule has 0 aliphatic heterocycles. The van der Waals surface area contributed by atoms with Crippen LogP contribution in [-0.2, 0) is 0 Å². The summed E-state index contributed by atoms with van der Waals surface area (Å²) in [5, 5.41) is 29.5. The number of benzene rings is 4. The lowest BCUT2D eigenvalue weighted by atomic mass is 9.80. The fourth-order valence-corrected chi connectivity index (χ4v) is 6.74. The summed E-state index contributed by atoms with van der Waals surface area (Å²) in [6.45, 7) is 4.30. The van der Waals surface area contributed by atoms with E-state index in [1.807, 2.05) is 72.8 Å². The van der Waals surface area contributed by atoms with Crippen LogP contribution in [0.2, 0.25) is 0 Å². The number of aliphatic hydroxyl groups is 2. The molecule has 0 radical (unpaired) electrons. The zero-order chi connectivity index (χ0) is 33.7. The van der Waals surface area contributed by atoms with Crippen LogP contribution in [0.5, 0.6) is 0 Å². The molecule has 4 heteroatoms. The van der Waals surface area contributed by atoms with Gasteiger partial charge in [0.25, 0.3) is 0 Å². The van der Waals surface area contributed by atoms with Gasteiger partial charge in [0.2, 0.25) is 0 Å². The predicted octanol–water partition coefficient (Wildman–Crippen LogP) is 8.13. The molecule has 2 aliphatic carbocycles. The summed E-state index contributed by atoms with van der Waals surface area (Å²) in [6.07, 6.45) is 7.69. The maximum absolute atomic E-state index is 11.2. The van der Waals surface area contributed by atoms with Crippen LogP contribution in [0.1, 0.15) is 99.6 Å². The average molecular weight is 639 g/mol. The van der Waals surface area contributed by atoms with E-state index in [9.17, 15) is 10.2 Å². The monoisotopic (exact) mass is 638 g/mol. The van der Waals surface area contributed by atoms with Gasteiger partial charge in [-0.2, -0.15) is 0 Å². The molecule has 0 unspecified atom stereocenters. The summed E-state index contributed by atoms with van der Waals surface area (Å²) in [5.41, 5.74) is 2.45. The molecule has 4 N–H and O–H groups in total. The van der Waals surface area contributed by atoms with Crippen LogP contribution in [0.25, 0.3) is 0 Å². The highest BCUT2D eigenvalue weighted by atomic mass is 16.3. The van der Waals surface area contributed by atoms with Crippen molar-refractivity contribution in [3.05, 3.63) is 144 Å². The minimum atomic E-state index is -0.961. The molecule has 2 saturated carbocycles. The summed E-state index contributed by atoms with van der Waals surface area (Å²) in [7, 11) is 0. The van der Waals surface area contributed by atoms with Crippen LogP contribution < -0.4 is 10.6 Å². The van der Waals surface area contributed by atoms with Gasteiger partial charge in [0.1, 0.15) is 11.2 Å². The van der Waals surface area contributed by atoms with E-state index in [1.54, 1.807) is 0 Å². The molecular formula is C44H50N2O2. The first-order valence-electron chi connectivity index (χ1n) is 17.6. The van der Waals surface area contributed by atoms with Crippen LogP contribution >= 0.6 is 0 Å². The summed E-state index contributed by atoms with van der Waals surface area (Å²) in [4.78, 5) is 0. The maximum atomic E-state index is 11.2. The summed E-state index contributed by atoms with van der Waals surface area (Å²) in [6, 6.07) is 40.9. The Morgan fingerprint density at radius 2 is 0.854 bits per heavy atom. The highest BCUT2D eigenvalue weighted by Gasteiger charge is 2.39. The van der Waals surface area contributed by atoms with Gasteiger partial charge < -0.3 is 20.8 Å². The molecule has 248 valence electrons. The summed E-state index contributed by atoms with van der Waals surface area (Å²) < 4.78 is 0. The van der Waals surface area contributed by atoms with E-state index in [4.69, 9.17) is 0 Å². The Balaban J connectivity index is 0.000000188. The number of rotatable bonds is 6. The first-order valence-corrected chi connectivity index (χ1v) is 17.6. The van der Waals surface area contributed by atoms with E-state index in [1.165, 1.54) is 11.1 Å². The lowest BCUT2D eigenvalue weighted by molar-refractivity contribution is 0.0219. The molecule has 0 amide bonds. The largest absolute Gasteiger partial charge is 0.376 e. The second kappa shape index (κ2) is 17.3. The molecule has 0 bridgehead atoms. The zero-order valence-corrected chi connectivity index (χ0v) is 28.4. The molecule has 0 spiro atoms. The zero-order valence-electron chi connectivity index (χ0n) is 28.4. The molecule has 2 fully saturated rings. The Bertz CT molecular complexity index is 1530. The van der Waals surface area contributed by atoms with Gasteiger partial charge in [-0.25, -0.2) is 0 Å². The van der Waals surface area contributed by atoms with E-state index in [-0.39, 0.29) is 24.2 Å². The first-order chi connectivity index (χ1) is 23.3. The fraction of sp³-hybridized carbons (Fsp3) is 0.364. The third-order valence-electron chi connectivity index (χ3n) is 9.65.